The van der Waals surface area contributed by atoms with Crippen LogP contribution in [0.25, 0.3) is 16.9 Å². The highest BCUT2D eigenvalue weighted by Crippen LogP contribution is 2.23. The van der Waals surface area contributed by atoms with Crippen LogP contribution in [-0.4, -0.2) is 32.8 Å². The Hall–Kier alpha value is -2.97. The fourth-order valence-corrected chi connectivity index (χ4v) is 3.43. The maximum atomic E-state index is 12.5. The van der Waals surface area contributed by atoms with Gasteiger partial charge >= 0.3 is 0 Å². The van der Waals surface area contributed by atoms with Crippen molar-refractivity contribution in [2.45, 2.75) is 6.54 Å². The molecule has 0 saturated carbocycles. The summed E-state index contributed by atoms with van der Waals surface area (Å²) < 4.78 is 6.85. The summed E-state index contributed by atoms with van der Waals surface area (Å²) in [5.41, 5.74) is 2.84. The Morgan fingerprint density at radius 3 is 2.93 bits per heavy atom. The lowest BCUT2D eigenvalue weighted by molar-refractivity contribution is 0.0946. The number of nitrogens with one attached hydrogen (secondary N) is 1. The van der Waals surface area contributed by atoms with Gasteiger partial charge in [-0.2, -0.15) is 21.0 Å². The lowest BCUT2D eigenvalue weighted by atomic mass is 10.2. The number of carbonyl (C=O) groups is 1. The van der Waals surface area contributed by atoms with E-state index in [1.807, 2.05) is 29.0 Å². The van der Waals surface area contributed by atoms with Crippen LogP contribution in [0.15, 0.2) is 47.2 Å². The third-order valence-electron chi connectivity index (χ3n) is 3.96. The topological polar surface area (TPSA) is 81.4 Å². The normalized spacial score (nSPS) is 10.9. The fourth-order valence-electron chi connectivity index (χ4n) is 2.61. The molecule has 0 unspecified atom stereocenters. The molecular formula is C18H14ClN5O2S. The quantitative estimate of drug-likeness (QED) is 0.556. The molecule has 1 amide bonds. The van der Waals surface area contributed by atoms with Crippen LogP contribution in [0.1, 0.15) is 16.2 Å². The third-order valence-corrected chi connectivity index (χ3v) is 4.88. The zero-order valence-electron chi connectivity index (χ0n) is 14.2. The van der Waals surface area contributed by atoms with Gasteiger partial charge in [0.25, 0.3) is 5.91 Å². The van der Waals surface area contributed by atoms with E-state index in [0.29, 0.717) is 27.8 Å². The van der Waals surface area contributed by atoms with Crippen LogP contribution in [-0.2, 0) is 6.54 Å². The molecule has 0 atom stereocenters. The molecule has 136 valence electrons. The number of carbonyl (C=O) groups excluding carboxylic acids is 1. The van der Waals surface area contributed by atoms with E-state index in [0.717, 1.165) is 11.3 Å². The minimum atomic E-state index is -0.297. The van der Waals surface area contributed by atoms with Gasteiger partial charge in [-0.1, -0.05) is 11.6 Å². The monoisotopic (exact) mass is 399 g/mol. The minimum absolute atomic E-state index is 0.172. The van der Waals surface area contributed by atoms with Crippen molar-refractivity contribution in [1.82, 2.24) is 25.1 Å². The van der Waals surface area contributed by atoms with Crippen molar-refractivity contribution in [2.24, 2.45) is 0 Å². The first-order valence-corrected chi connectivity index (χ1v) is 9.33. The Kier molecular flexibility index (Phi) is 4.74. The molecule has 3 aromatic heterocycles. The van der Waals surface area contributed by atoms with E-state index < -0.39 is 0 Å². The molecule has 1 N–H and O–H groups in total. The van der Waals surface area contributed by atoms with Crippen LogP contribution >= 0.6 is 22.9 Å². The van der Waals surface area contributed by atoms with Crippen molar-refractivity contribution in [3.05, 3.63) is 63.6 Å². The van der Waals surface area contributed by atoms with Gasteiger partial charge in [-0.15, -0.1) is 10.2 Å². The molecule has 4 rings (SSSR count). The van der Waals surface area contributed by atoms with Crippen molar-refractivity contribution >= 4 is 34.5 Å². The number of hydrogen-bond donors (Lipinski definition) is 1. The summed E-state index contributed by atoms with van der Waals surface area (Å²) in [6.45, 7) is 0.172. The van der Waals surface area contributed by atoms with Crippen molar-refractivity contribution in [2.75, 3.05) is 7.11 Å². The van der Waals surface area contributed by atoms with Crippen LogP contribution < -0.4 is 10.1 Å². The molecule has 4 aromatic rings. The first kappa shape index (κ1) is 17.4. The molecule has 0 aliphatic heterocycles. The first-order chi connectivity index (χ1) is 13.2. The first-order valence-electron chi connectivity index (χ1n) is 8.01. The number of hydrogen-bond acceptors (Lipinski definition) is 6. The smallest absolute Gasteiger partial charge is 0.255 e. The van der Waals surface area contributed by atoms with E-state index in [2.05, 4.69) is 20.6 Å². The van der Waals surface area contributed by atoms with Crippen LogP contribution in [0.3, 0.4) is 0 Å². The highest BCUT2D eigenvalue weighted by Gasteiger charge is 2.15. The minimum Gasteiger partial charge on any atom is -0.496 e. The summed E-state index contributed by atoms with van der Waals surface area (Å²) in [5, 5.41) is 20.1. The van der Waals surface area contributed by atoms with Gasteiger partial charge in [0.2, 0.25) is 0 Å². The number of rotatable bonds is 5. The van der Waals surface area contributed by atoms with Gasteiger partial charge in [-0.3, -0.25) is 4.79 Å². The summed E-state index contributed by atoms with van der Waals surface area (Å²) in [4.78, 5) is 12.5. The Labute approximate surface area is 163 Å². The molecule has 0 aliphatic rings. The zero-order chi connectivity index (χ0) is 18.8. The maximum absolute atomic E-state index is 12.5. The standard InChI is InChI=1S/C18H14ClN5O2S/c1-26-15-8-12(19)2-3-13(15)18(25)20-9-17-22-21-16-5-4-14(23-24(16)17)11-6-7-27-10-11/h2-8,10H,9H2,1H3,(H,20,25). The number of fused-ring (bicyclic) bond motifs is 1. The van der Waals surface area contributed by atoms with Crippen LogP contribution in [0, 0.1) is 0 Å². The second-order valence-electron chi connectivity index (χ2n) is 5.64. The summed E-state index contributed by atoms with van der Waals surface area (Å²) in [6, 6.07) is 10.6. The Bertz CT molecular complexity index is 1110. The molecule has 0 bridgehead atoms. The molecule has 3 heterocycles. The number of ether oxygens (including phenoxy) is 1. The molecule has 0 saturated heterocycles. The Morgan fingerprint density at radius 1 is 1.26 bits per heavy atom. The summed E-state index contributed by atoms with van der Waals surface area (Å²) >= 11 is 7.54. The number of amides is 1. The largest absolute Gasteiger partial charge is 0.496 e. The number of nitrogens with zero attached hydrogens (tertiary/aromatic N) is 4. The SMILES string of the molecule is COc1cc(Cl)ccc1C(=O)NCc1nnc2ccc(-c3ccsc3)nn12. The zero-order valence-corrected chi connectivity index (χ0v) is 15.8. The maximum Gasteiger partial charge on any atom is 0.255 e. The highest BCUT2D eigenvalue weighted by atomic mass is 35.5. The van der Waals surface area contributed by atoms with Gasteiger partial charge in [-0.05, 0) is 41.8 Å². The van der Waals surface area contributed by atoms with Gasteiger partial charge in [0.15, 0.2) is 11.5 Å². The predicted octanol–water partition coefficient (Wildman–Crippen LogP) is 3.44. The van der Waals surface area contributed by atoms with Crippen molar-refractivity contribution in [3.8, 4) is 17.0 Å². The van der Waals surface area contributed by atoms with Crippen molar-refractivity contribution in [3.63, 3.8) is 0 Å². The average Bonchev–Trinajstić information content (AvgIpc) is 3.35. The van der Waals surface area contributed by atoms with Gasteiger partial charge in [-0.25, -0.2) is 0 Å². The molecule has 0 spiro atoms. The Balaban J connectivity index is 1.57. The molecule has 0 fully saturated rings. The number of halogens is 1. The third kappa shape index (κ3) is 3.49. The van der Waals surface area contributed by atoms with E-state index in [9.17, 15) is 4.79 Å². The second kappa shape index (κ2) is 7.34. The van der Waals surface area contributed by atoms with Gasteiger partial charge in [0.05, 0.1) is 24.9 Å². The van der Waals surface area contributed by atoms with Gasteiger partial charge < -0.3 is 10.1 Å². The number of benzene rings is 1. The number of thiophene rings is 1. The lowest BCUT2D eigenvalue weighted by Crippen LogP contribution is -2.24. The molecule has 0 aliphatic carbocycles. The van der Waals surface area contributed by atoms with Gasteiger partial charge in [0, 0.05) is 16.0 Å². The number of methoxy groups -OCH3 is 1. The number of aromatic nitrogens is 4. The van der Waals surface area contributed by atoms with Crippen LogP contribution in [0.2, 0.25) is 5.02 Å². The van der Waals surface area contributed by atoms with Crippen molar-refractivity contribution in [1.29, 1.82) is 0 Å². The van der Waals surface area contributed by atoms with Crippen molar-refractivity contribution < 1.29 is 9.53 Å². The fraction of sp³-hybridized carbons (Fsp3) is 0.111. The van der Waals surface area contributed by atoms with E-state index in [1.54, 1.807) is 34.1 Å². The highest BCUT2D eigenvalue weighted by molar-refractivity contribution is 7.08. The van der Waals surface area contributed by atoms with Gasteiger partial charge in [0.1, 0.15) is 5.75 Å². The summed E-state index contributed by atoms with van der Waals surface area (Å²) in [5.74, 6) is 0.640. The van der Waals surface area contributed by atoms with E-state index in [4.69, 9.17) is 16.3 Å². The van der Waals surface area contributed by atoms with Crippen LogP contribution in [0.5, 0.6) is 5.75 Å². The predicted molar refractivity (Wildman–Crippen MR) is 103 cm³/mol. The van der Waals surface area contributed by atoms with E-state index in [1.165, 1.54) is 7.11 Å². The second-order valence-corrected chi connectivity index (χ2v) is 6.86. The van der Waals surface area contributed by atoms with Crippen LogP contribution in [0.4, 0.5) is 0 Å². The molecule has 7 nitrogen and oxygen atoms in total. The average molecular weight is 400 g/mol. The molecular weight excluding hydrogens is 386 g/mol. The Morgan fingerprint density at radius 2 is 2.15 bits per heavy atom. The molecule has 9 heteroatoms. The van der Waals surface area contributed by atoms with E-state index in [-0.39, 0.29) is 12.5 Å². The lowest BCUT2D eigenvalue weighted by Gasteiger charge is -2.09. The molecule has 27 heavy (non-hydrogen) atoms. The molecule has 0 radical (unpaired) electrons. The molecule has 1 aromatic carbocycles. The summed E-state index contributed by atoms with van der Waals surface area (Å²) in [6.07, 6.45) is 0. The summed E-state index contributed by atoms with van der Waals surface area (Å²) in [7, 11) is 1.49. The van der Waals surface area contributed by atoms with E-state index >= 15 is 0 Å².